The molecular formula is C12H14ClF4N. The first-order chi connectivity index (χ1) is 8.33. The molecule has 1 N–H and O–H groups in total. The van der Waals surface area contributed by atoms with Gasteiger partial charge in [-0.05, 0) is 36.7 Å². The highest BCUT2D eigenvalue weighted by Crippen LogP contribution is 2.33. The fraction of sp³-hybridized carbons (Fsp3) is 0.500. The van der Waals surface area contributed by atoms with Crippen molar-refractivity contribution in [1.29, 1.82) is 0 Å². The van der Waals surface area contributed by atoms with Crippen molar-refractivity contribution in [3.63, 3.8) is 0 Å². The molecule has 0 spiro atoms. The van der Waals surface area contributed by atoms with Crippen LogP contribution in [0.1, 0.15) is 31.4 Å². The summed E-state index contributed by atoms with van der Waals surface area (Å²) >= 11 is 5.82. The van der Waals surface area contributed by atoms with Gasteiger partial charge in [0.1, 0.15) is 5.82 Å². The third-order valence-electron chi connectivity index (χ3n) is 2.41. The van der Waals surface area contributed by atoms with Crippen LogP contribution in [-0.2, 0) is 0 Å². The number of nitrogens with one attached hydrogen (secondary N) is 1. The Labute approximate surface area is 108 Å². The van der Waals surface area contributed by atoms with Gasteiger partial charge in [-0.1, -0.05) is 18.5 Å². The van der Waals surface area contributed by atoms with Gasteiger partial charge in [-0.2, -0.15) is 13.2 Å². The van der Waals surface area contributed by atoms with Gasteiger partial charge in [-0.15, -0.1) is 0 Å². The monoisotopic (exact) mass is 283 g/mol. The van der Waals surface area contributed by atoms with Crippen LogP contribution in [0.2, 0.25) is 5.02 Å². The smallest absolute Gasteiger partial charge is 0.310 e. The van der Waals surface area contributed by atoms with Gasteiger partial charge in [0.05, 0.1) is 6.42 Å². The Balaban J connectivity index is 2.97. The molecule has 1 atom stereocenters. The van der Waals surface area contributed by atoms with Crippen LogP contribution in [0.3, 0.4) is 0 Å². The minimum absolute atomic E-state index is 0.134. The number of alkyl halides is 3. The molecule has 102 valence electrons. The van der Waals surface area contributed by atoms with Gasteiger partial charge < -0.3 is 5.32 Å². The fourth-order valence-corrected chi connectivity index (χ4v) is 1.87. The molecule has 0 aliphatic rings. The molecule has 0 aromatic heterocycles. The Kier molecular flexibility index (Phi) is 5.41. The van der Waals surface area contributed by atoms with Crippen LogP contribution >= 0.6 is 11.6 Å². The summed E-state index contributed by atoms with van der Waals surface area (Å²) in [5, 5.41) is 2.87. The molecule has 1 unspecified atom stereocenters. The molecule has 18 heavy (non-hydrogen) atoms. The average Bonchev–Trinajstić information content (AvgIpc) is 2.26. The minimum Gasteiger partial charge on any atom is -0.310 e. The summed E-state index contributed by atoms with van der Waals surface area (Å²) in [6, 6.07) is 2.41. The van der Waals surface area contributed by atoms with Crippen molar-refractivity contribution in [2.75, 3.05) is 6.54 Å². The molecule has 6 heteroatoms. The molecule has 0 fully saturated rings. The van der Waals surface area contributed by atoms with Crippen molar-refractivity contribution < 1.29 is 17.6 Å². The number of hydrogen-bond donors (Lipinski definition) is 1. The van der Waals surface area contributed by atoms with Crippen LogP contribution in [-0.4, -0.2) is 12.7 Å². The molecule has 1 aromatic carbocycles. The van der Waals surface area contributed by atoms with Crippen molar-refractivity contribution in [2.24, 2.45) is 0 Å². The zero-order chi connectivity index (χ0) is 13.8. The van der Waals surface area contributed by atoms with Crippen LogP contribution in [0, 0.1) is 5.82 Å². The van der Waals surface area contributed by atoms with Crippen molar-refractivity contribution in [1.82, 2.24) is 5.32 Å². The largest absolute Gasteiger partial charge is 0.390 e. The molecule has 0 saturated heterocycles. The minimum atomic E-state index is -4.33. The van der Waals surface area contributed by atoms with Crippen LogP contribution in [0.5, 0.6) is 0 Å². The van der Waals surface area contributed by atoms with E-state index in [1.807, 2.05) is 6.92 Å². The van der Waals surface area contributed by atoms with Crippen molar-refractivity contribution in [3.8, 4) is 0 Å². The van der Waals surface area contributed by atoms with E-state index in [1.165, 1.54) is 6.07 Å². The van der Waals surface area contributed by atoms with E-state index in [9.17, 15) is 17.6 Å². The van der Waals surface area contributed by atoms with Gasteiger partial charge in [-0.25, -0.2) is 4.39 Å². The van der Waals surface area contributed by atoms with Crippen molar-refractivity contribution >= 4 is 11.6 Å². The Morgan fingerprint density at radius 1 is 1.33 bits per heavy atom. The summed E-state index contributed by atoms with van der Waals surface area (Å²) in [6.07, 6.45) is -4.72. The molecule has 1 rings (SSSR count). The summed E-state index contributed by atoms with van der Waals surface area (Å²) in [5.41, 5.74) is 0.141. The molecule has 0 amide bonds. The second-order valence-corrected chi connectivity index (χ2v) is 4.40. The topological polar surface area (TPSA) is 12.0 Å². The van der Waals surface area contributed by atoms with Gasteiger partial charge in [-0.3, -0.25) is 0 Å². The van der Waals surface area contributed by atoms with E-state index in [-0.39, 0.29) is 10.6 Å². The summed E-state index contributed by atoms with van der Waals surface area (Å²) in [4.78, 5) is 0. The predicted molar refractivity (Wildman–Crippen MR) is 63.1 cm³/mol. The van der Waals surface area contributed by atoms with E-state index in [4.69, 9.17) is 11.6 Å². The van der Waals surface area contributed by atoms with E-state index >= 15 is 0 Å². The molecule has 0 radical (unpaired) electrons. The van der Waals surface area contributed by atoms with E-state index in [2.05, 4.69) is 5.32 Å². The third-order valence-corrected chi connectivity index (χ3v) is 2.75. The van der Waals surface area contributed by atoms with Crippen LogP contribution < -0.4 is 5.32 Å². The SMILES string of the molecule is CCCNC(CC(F)(F)F)c1cc(F)ccc1Cl. The van der Waals surface area contributed by atoms with Gasteiger partial charge in [0.25, 0.3) is 0 Å². The normalized spacial score (nSPS) is 13.7. The zero-order valence-electron chi connectivity index (χ0n) is 9.82. The lowest BCUT2D eigenvalue weighted by Crippen LogP contribution is -2.27. The maximum Gasteiger partial charge on any atom is 0.390 e. The van der Waals surface area contributed by atoms with E-state index in [0.29, 0.717) is 13.0 Å². The molecule has 0 bridgehead atoms. The summed E-state index contributed by atoms with van der Waals surface area (Å²) < 4.78 is 50.5. The molecular weight excluding hydrogens is 270 g/mol. The van der Waals surface area contributed by atoms with Crippen LogP contribution in [0.25, 0.3) is 0 Å². The van der Waals surface area contributed by atoms with Crippen molar-refractivity contribution in [2.45, 2.75) is 32.0 Å². The van der Waals surface area contributed by atoms with Crippen molar-refractivity contribution in [3.05, 3.63) is 34.6 Å². The quantitative estimate of drug-likeness (QED) is 0.786. The number of benzene rings is 1. The molecule has 0 saturated carbocycles. The van der Waals surface area contributed by atoms with Crippen LogP contribution in [0.4, 0.5) is 17.6 Å². The highest BCUT2D eigenvalue weighted by molar-refractivity contribution is 6.31. The van der Waals surface area contributed by atoms with E-state index in [0.717, 1.165) is 12.1 Å². The number of halogens is 5. The zero-order valence-corrected chi connectivity index (χ0v) is 10.6. The number of hydrogen-bond acceptors (Lipinski definition) is 1. The molecule has 1 nitrogen and oxygen atoms in total. The van der Waals surface area contributed by atoms with Gasteiger partial charge in [0, 0.05) is 11.1 Å². The van der Waals surface area contributed by atoms with E-state index < -0.39 is 24.5 Å². The standard InChI is InChI=1S/C12H14ClF4N/c1-2-5-18-11(7-12(15,16)17)9-6-8(14)3-4-10(9)13/h3-4,6,11,18H,2,5,7H2,1H3. The van der Waals surface area contributed by atoms with Gasteiger partial charge in [0.2, 0.25) is 0 Å². The second kappa shape index (κ2) is 6.38. The molecule has 1 aromatic rings. The number of rotatable bonds is 5. The van der Waals surface area contributed by atoms with Crippen LogP contribution in [0.15, 0.2) is 18.2 Å². The van der Waals surface area contributed by atoms with Gasteiger partial charge in [0.15, 0.2) is 0 Å². The Hall–Kier alpha value is -0.810. The highest BCUT2D eigenvalue weighted by Gasteiger charge is 2.33. The first-order valence-electron chi connectivity index (χ1n) is 5.58. The summed E-state index contributed by atoms with van der Waals surface area (Å²) in [6.45, 7) is 2.25. The predicted octanol–water partition coefficient (Wildman–Crippen LogP) is 4.47. The highest BCUT2D eigenvalue weighted by atomic mass is 35.5. The van der Waals surface area contributed by atoms with E-state index in [1.54, 1.807) is 0 Å². The Morgan fingerprint density at radius 2 is 2.00 bits per heavy atom. The summed E-state index contributed by atoms with van der Waals surface area (Å²) in [5.74, 6) is -0.597. The lowest BCUT2D eigenvalue weighted by molar-refractivity contribution is -0.140. The molecule has 0 heterocycles. The Morgan fingerprint density at radius 3 is 2.56 bits per heavy atom. The maximum atomic E-state index is 13.1. The maximum absolute atomic E-state index is 13.1. The Bertz CT molecular complexity index is 392. The lowest BCUT2D eigenvalue weighted by Gasteiger charge is -2.21. The molecule has 0 aliphatic heterocycles. The molecule has 0 aliphatic carbocycles. The summed E-state index contributed by atoms with van der Waals surface area (Å²) in [7, 11) is 0. The first-order valence-corrected chi connectivity index (χ1v) is 5.96. The average molecular weight is 284 g/mol. The third kappa shape index (κ3) is 4.82. The fourth-order valence-electron chi connectivity index (χ4n) is 1.62. The second-order valence-electron chi connectivity index (χ2n) is 3.99. The lowest BCUT2D eigenvalue weighted by atomic mass is 10.0. The first kappa shape index (κ1) is 15.2. The van der Waals surface area contributed by atoms with Gasteiger partial charge >= 0.3 is 6.18 Å².